The molecule has 3 N–H and O–H groups in total. The smallest absolute Gasteiger partial charge is 0.410 e. The number of rotatable bonds is 5. The van der Waals surface area contributed by atoms with Gasteiger partial charge in [-0.15, -0.1) is 11.3 Å². The molecule has 1 unspecified atom stereocenters. The van der Waals surface area contributed by atoms with Gasteiger partial charge >= 0.3 is 6.09 Å². The van der Waals surface area contributed by atoms with Gasteiger partial charge in [-0.2, -0.15) is 0 Å². The van der Waals surface area contributed by atoms with Gasteiger partial charge < -0.3 is 15.8 Å². The molecule has 0 radical (unpaired) electrons. The van der Waals surface area contributed by atoms with Crippen LogP contribution in [-0.2, 0) is 16.1 Å². The lowest BCUT2D eigenvalue weighted by Crippen LogP contribution is -2.43. The summed E-state index contributed by atoms with van der Waals surface area (Å²) >= 11 is 1.34. The molecule has 0 bridgehead atoms. The quantitative estimate of drug-likeness (QED) is 0.603. The number of hydrogen-bond donors (Lipinski definition) is 2. The van der Waals surface area contributed by atoms with Crippen molar-refractivity contribution in [1.29, 1.82) is 0 Å². The fourth-order valence-corrected chi connectivity index (χ4v) is 4.13. The molecule has 1 aliphatic rings. The fourth-order valence-electron chi connectivity index (χ4n) is 3.41. The Labute approximate surface area is 178 Å². The second-order valence-electron chi connectivity index (χ2n) is 7.04. The highest BCUT2D eigenvalue weighted by Crippen LogP contribution is 2.27. The van der Waals surface area contributed by atoms with E-state index in [1.165, 1.54) is 16.2 Å². The van der Waals surface area contributed by atoms with E-state index in [0.717, 1.165) is 23.2 Å². The summed E-state index contributed by atoms with van der Waals surface area (Å²) in [5.41, 5.74) is 9.02. The number of likely N-dealkylation sites (tertiary alicyclic amines) is 1. The van der Waals surface area contributed by atoms with Crippen molar-refractivity contribution in [3.05, 3.63) is 65.5 Å². The Bertz CT molecular complexity index is 1040. The lowest BCUT2D eigenvalue weighted by molar-refractivity contribution is -0.120. The molecule has 1 atom stereocenters. The molecule has 0 spiro atoms. The summed E-state index contributed by atoms with van der Waals surface area (Å²) in [6.07, 6.45) is 0.876. The minimum absolute atomic E-state index is 0.181. The first-order valence-corrected chi connectivity index (χ1v) is 10.6. The van der Waals surface area contributed by atoms with Crippen molar-refractivity contribution in [2.45, 2.75) is 25.5 Å². The van der Waals surface area contributed by atoms with Crippen LogP contribution in [0.3, 0.4) is 0 Å². The molecule has 7 nitrogen and oxygen atoms in total. The van der Waals surface area contributed by atoms with Crippen molar-refractivity contribution >= 4 is 34.2 Å². The molecular formula is C22H22N4O3S. The van der Waals surface area contributed by atoms with Gasteiger partial charge in [0, 0.05) is 23.2 Å². The van der Waals surface area contributed by atoms with Gasteiger partial charge in [-0.25, -0.2) is 9.78 Å². The van der Waals surface area contributed by atoms with Crippen molar-refractivity contribution in [2.75, 3.05) is 17.6 Å². The van der Waals surface area contributed by atoms with E-state index in [-0.39, 0.29) is 12.5 Å². The van der Waals surface area contributed by atoms with E-state index in [9.17, 15) is 9.59 Å². The minimum Gasteiger partial charge on any atom is -0.445 e. The SMILES string of the molecule is Nc1cccc(-c2csc(NC(=O)C3CCCN3C(=O)OCc3ccccc3)n2)c1. The standard InChI is InChI=1S/C22H22N4O3S/c23-17-9-4-8-16(12-17)18-14-30-21(24-18)25-20(27)19-10-5-11-26(19)22(28)29-13-15-6-2-1-3-7-15/h1-4,6-9,12,14,19H,5,10-11,13,23H2,(H,24,25,27). The number of carbonyl (C=O) groups is 2. The molecular weight excluding hydrogens is 400 g/mol. The summed E-state index contributed by atoms with van der Waals surface area (Å²) in [5, 5.41) is 5.19. The number of carbonyl (C=O) groups excluding carboxylic acids is 2. The van der Waals surface area contributed by atoms with Gasteiger partial charge in [0.05, 0.1) is 5.69 Å². The van der Waals surface area contributed by atoms with Gasteiger partial charge in [-0.3, -0.25) is 9.69 Å². The number of nitrogen functional groups attached to an aromatic ring is 1. The Morgan fingerprint density at radius 2 is 2.03 bits per heavy atom. The zero-order chi connectivity index (χ0) is 20.9. The highest BCUT2D eigenvalue weighted by molar-refractivity contribution is 7.14. The number of thiazole rings is 1. The number of aromatic nitrogens is 1. The summed E-state index contributed by atoms with van der Waals surface area (Å²) in [6, 6.07) is 16.3. The number of amides is 2. The average Bonchev–Trinajstić information content (AvgIpc) is 3.43. The van der Waals surface area contributed by atoms with Crippen LogP contribution in [0, 0.1) is 0 Å². The van der Waals surface area contributed by atoms with Gasteiger partial charge in [0.25, 0.3) is 0 Å². The van der Waals surface area contributed by atoms with Crippen molar-refractivity contribution in [2.24, 2.45) is 0 Å². The van der Waals surface area contributed by atoms with Crippen LogP contribution in [0.1, 0.15) is 18.4 Å². The van der Waals surface area contributed by atoms with Crippen LogP contribution in [0.4, 0.5) is 15.6 Å². The molecule has 0 aliphatic carbocycles. The molecule has 1 saturated heterocycles. The topological polar surface area (TPSA) is 97.6 Å². The van der Waals surface area contributed by atoms with Gasteiger partial charge in [0.2, 0.25) is 5.91 Å². The normalized spacial score (nSPS) is 15.7. The molecule has 30 heavy (non-hydrogen) atoms. The Hall–Kier alpha value is -3.39. The number of nitrogens with one attached hydrogen (secondary N) is 1. The predicted octanol–water partition coefficient (Wildman–Crippen LogP) is 4.13. The summed E-state index contributed by atoms with van der Waals surface area (Å²) < 4.78 is 5.40. The molecule has 0 saturated carbocycles. The largest absolute Gasteiger partial charge is 0.445 e. The van der Waals surface area contributed by atoms with E-state index >= 15 is 0 Å². The Morgan fingerprint density at radius 1 is 1.20 bits per heavy atom. The molecule has 1 aromatic heterocycles. The van der Waals surface area contributed by atoms with Gasteiger partial charge in [-0.1, -0.05) is 42.5 Å². The average molecular weight is 423 g/mol. The molecule has 8 heteroatoms. The third-order valence-electron chi connectivity index (χ3n) is 4.91. The zero-order valence-electron chi connectivity index (χ0n) is 16.3. The lowest BCUT2D eigenvalue weighted by Gasteiger charge is -2.22. The highest BCUT2D eigenvalue weighted by atomic mass is 32.1. The fraction of sp³-hybridized carbons (Fsp3) is 0.227. The van der Waals surface area contributed by atoms with Crippen LogP contribution in [0.15, 0.2) is 60.0 Å². The first kappa shape index (κ1) is 19.9. The van der Waals surface area contributed by atoms with Crippen LogP contribution >= 0.6 is 11.3 Å². The monoisotopic (exact) mass is 422 g/mol. The van der Waals surface area contributed by atoms with Gasteiger partial charge in [0.15, 0.2) is 5.13 Å². The van der Waals surface area contributed by atoms with E-state index in [2.05, 4.69) is 10.3 Å². The molecule has 1 aliphatic heterocycles. The first-order chi connectivity index (χ1) is 14.6. The van der Waals surface area contributed by atoms with Crippen molar-refractivity contribution in [3.8, 4) is 11.3 Å². The van der Waals surface area contributed by atoms with E-state index < -0.39 is 12.1 Å². The second-order valence-corrected chi connectivity index (χ2v) is 7.90. The summed E-state index contributed by atoms with van der Waals surface area (Å²) in [4.78, 5) is 31.3. The Morgan fingerprint density at radius 3 is 2.83 bits per heavy atom. The van der Waals surface area contributed by atoms with Crippen molar-refractivity contribution in [1.82, 2.24) is 9.88 Å². The number of ether oxygens (including phenoxy) is 1. The first-order valence-electron chi connectivity index (χ1n) is 9.70. The van der Waals surface area contributed by atoms with E-state index in [1.807, 2.05) is 60.0 Å². The summed E-state index contributed by atoms with van der Waals surface area (Å²) in [7, 11) is 0. The van der Waals surface area contributed by atoms with Crippen LogP contribution in [0.5, 0.6) is 0 Å². The number of benzene rings is 2. The summed E-state index contributed by atoms with van der Waals surface area (Å²) in [6.45, 7) is 0.679. The van der Waals surface area contributed by atoms with Crippen LogP contribution in [0.2, 0.25) is 0 Å². The second kappa shape index (κ2) is 8.96. The van der Waals surface area contributed by atoms with Crippen LogP contribution in [-0.4, -0.2) is 34.5 Å². The molecule has 4 rings (SSSR count). The summed E-state index contributed by atoms with van der Waals surface area (Å²) in [5.74, 6) is -0.252. The Balaban J connectivity index is 1.37. The lowest BCUT2D eigenvalue weighted by atomic mass is 10.1. The molecule has 1 fully saturated rings. The molecule has 2 amide bonds. The molecule has 3 aromatic rings. The molecule has 2 heterocycles. The maximum Gasteiger partial charge on any atom is 0.410 e. The maximum absolute atomic E-state index is 12.8. The Kier molecular flexibility index (Phi) is 5.94. The maximum atomic E-state index is 12.8. The number of hydrogen-bond acceptors (Lipinski definition) is 6. The van der Waals surface area contributed by atoms with Gasteiger partial charge in [-0.05, 0) is 30.5 Å². The van der Waals surface area contributed by atoms with Gasteiger partial charge in [0.1, 0.15) is 12.6 Å². The predicted molar refractivity (Wildman–Crippen MR) is 117 cm³/mol. The third kappa shape index (κ3) is 4.60. The van der Waals surface area contributed by atoms with E-state index in [4.69, 9.17) is 10.5 Å². The minimum atomic E-state index is -0.562. The van der Waals surface area contributed by atoms with E-state index in [0.29, 0.717) is 23.8 Å². The number of nitrogens with zero attached hydrogens (tertiary/aromatic N) is 2. The highest BCUT2D eigenvalue weighted by Gasteiger charge is 2.35. The third-order valence-corrected chi connectivity index (χ3v) is 5.67. The van der Waals surface area contributed by atoms with Crippen molar-refractivity contribution in [3.63, 3.8) is 0 Å². The van der Waals surface area contributed by atoms with E-state index in [1.54, 1.807) is 0 Å². The van der Waals surface area contributed by atoms with Crippen LogP contribution in [0.25, 0.3) is 11.3 Å². The molecule has 2 aromatic carbocycles. The number of anilines is 2. The number of nitrogens with two attached hydrogens (primary N) is 1. The van der Waals surface area contributed by atoms with Crippen molar-refractivity contribution < 1.29 is 14.3 Å². The zero-order valence-corrected chi connectivity index (χ0v) is 17.1. The van der Waals surface area contributed by atoms with Crippen LogP contribution < -0.4 is 11.1 Å². The molecule has 154 valence electrons.